The van der Waals surface area contributed by atoms with Gasteiger partial charge in [0.1, 0.15) is 5.82 Å². The summed E-state index contributed by atoms with van der Waals surface area (Å²) in [6.07, 6.45) is 1.01. The fourth-order valence-corrected chi connectivity index (χ4v) is 1.78. The maximum Gasteiger partial charge on any atom is 0.220 e. The largest absolute Gasteiger partial charge is 0.395 e. The first-order chi connectivity index (χ1) is 8.06. The molecule has 1 amide bonds. The van der Waals surface area contributed by atoms with Crippen LogP contribution in [0, 0.1) is 11.6 Å². The lowest BCUT2D eigenvalue weighted by Gasteiger charge is -2.25. The molecular formula is C11H13F2N3O. The fraction of sp³-hybridized carbons (Fsp3) is 0.364. The Balaban J connectivity index is 2.10. The van der Waals surface area contributed by atoms with Crippen molar-refractivity contribution in [3.63, 3.8) is 0 Å². The van der Waals surface area contributed by atoms with Gasteiger partial charge in [0.25, 0.3) is 0 Å². The van der Waals surface area contributed by atoms with E-state index < -0.39 is 11.6 Å². The summed E-state index contributed by atoms with van der Waals surface area (Å²) in [5.41, 5.74) is 5.62. The lowest BCUT2D eigenvalue weighted by atomic mass is 10.1. The minimum absolute atomic E-state index is 0.0126. The molecule has 6 heteroatoms. The van der Waals surface area contributed by atoms with E-state index in [1.165, 1.54) is 0 Å². The van der Waals surface area contributed by atoms with Crippen LogP contribution in [0.1, 0.15) is 12.8 Å². The molecule has 0 bridgehead atoms. The van der Waals surface area contributed by atoms with Crippen LogP contribution in [0.3, 0.4) is 0 Å². The van der Waals surface area contributed by atoms with Gasteiger partial charge < -0.3 is 16.4 Å². The van der Waals surface area contributed by atoms with Gasteiger partial charge in [-0.3, -0.25) is 4.79 Å². The van der Waals surface area contributed by atoms with E-state index in [0.29, 0.717) is 19.4 Å². The lowest BCUT2D eigenvalue weighted by molar-refractivity contribution is -0.122. The number of amides is 1. The van der Waals surface area contributed by atoms with Gasteiger partial charge >= 0.3 is 0 Å². The Morgan fingerprint density at radius 1 is 1.41 bits per heavy atom. The van der Waals surface area contributed by atoms with Crippen molar-refractivity contribution in [2.75, 3.05) is 17.6 Å². The van der Waals surface area contributed by atoms with E-state index in [1.807, 2.05) is 0 Å². The molecule has 0 spiro atoms. The number of carbonyl (C=O) groups excluding carboxylic acids is 1. The Bertz CT molecular complexity index is 441. The van der Waals surface area contributed by atoms with E-state index in [0.717, 1.165) is 12.1 Å². The summed E-state index contributed by atoms with van der Waals surface area (Å²) in [5, 5.41) is 5.60. The van der Waals surface area contributed by atoms with E-state index >= 15 is 0 Å². The number of nitrogens with two attached hydrogens (primary N) is 1. The topological polar surface area (TPSA) is 67.1 Å². The average Bonchev–Trinajstić information content (AvgIpc) is 2.28. The molecule has 4 N–H and O–H groups in total. The maximum absolute atomic E-state index is 13.2. The van der Waals surface area contributed by atoms with Gasteiger partial charge in [-0.05, 0) is 12.5 Å². The molecule has 4 nitrogen and oxygen atoms in total. The molecule has 1 aromatic carbocycles. The molecule has 1 atom stereocenters. The fourth-order valence-electron chi connectivity index (χ4n) is 1.78. The number of nitrogen functional groups attached to an aromatic ring is 1. The van der Waals surface area contributed by atoms with Crippen LogP contribution in [0.4, 0.5) is 20.2 Å². The molecule has 0 saturated carbocycles. The summed E-state index contributed by atoms with van der Waals surface area (Å²) >= 11 is 0. The van der Waals surface area contributed by atoms with Crippen molar-refractivity contribution in [3.05, 3.63) is 23.8 Å². The average molecular weight is 241 g/mol. The highest BCUT2D eigenvalue weighted by Crippen LogP contribution is 2.25. The van der Waals surface area contributed by atoms with Crippen molar-refractivity contribution in [2.24, 2.45) is 0 Å². The second kappa shape index (κ2) is 4.57. The van der Waals surface area contributed by atoms with E-state index in [9.17, 15) is 13.6 Å². The van der Waals surface area contributed by atoms with E-state index in [1.54, 1.807) is 0 Å². The molecule has 17 heavy (non-hydrogen) atoms. The molecule has 1 heterocycles. The number of benzene rings is 1. The van der Waals surface area contributed by atoms with Crippen LogP contribution >= 0.6 is 0 Å². The Labute approximate surface area is 97.2 Å². The standard InChI is InChI=1S/C11H13F2N3O/c12-6-3-8(13)11(14)9(4-6)16-7-1-2-10(17)15-5-7/h3-4,7,16H,1-2,5,14H2,(H,15,17). The van der Waals surface area contributed by atoms with Crippen molar-refractivity contribution >= 4 is 17.3 Å². The van der Waals surface area contributed by atoms with Gasteiger partial charge in [0.15, 0.2) is 5.82 Å². The molecule has 2 rings (SSSR count). The van der Waals surface area contributed by atoms with Crippen molar-refractivity contribution in [2.45, 2.75) is 18.9 Å². The van der Waals surface area contributed by atoms with Crippen molar-refractivity contribution < 1.29 is 13.6 Å². The summed E-state index contributed by atoms with van der Waals surface area (Å²) in [6, 6.07) is 1.83. The lowest BCUT2D eigenvalue weighted by Crippen LogP contribution is -2.42. The highest BCUT2D eigenvalue weighted by molar-refractivity contribution is 5.77. The van der Waals surface area contributed by atoms with Crippen LogP contribution in [0.2, 0.25) is 0 Å². The third-order valence-corrected chi connectivity index (χ3v) is 2.72. The molecule has 1 aliphatic rings. The summed E-state index contributed by atoms with van der Waals surface area (Å²) in [5.74, 6) is -1.48. The van der Waals surface area contributed by atoms with Crippen LogP contribution in [-0.4, -0.2) is 18.5 Å². The number of hydrogen-bond acceptors (Lipinski definition) is 3. The number of rotatable bonds is 2. The molecule has 1 saturated heterocycles. The summed E-state index contributed by atoms with van der Waals surface area (Å²) in [6.45, 7) is 0.427. The zero-order valence-corrected chi connectivity index (χ0v) is 9.09. The number of halogens is 2. The summed E-state index contributed by atoms with van der Waals surface area (Å²) in [7, 11) is 0. The third kappa shape index (κ3) is 2.64. The summed E-state index contributed by atoms with van der Waals surface area (Å²) < 4.78 is 26.2. The molecular weight excluding hydrogens is 228 g/mol. The molecule has 1 aliphatic heterocycles. The molecule has 92 valence electrons. The van der Waals surface area contributed by atoms with Crippen LogP contribution in [0.15, 0.2) is 12.1 Å². The van der Waals surface area contributed by atoms with Crippen LogP contribution in [-0.2, 0) is 4.79 Å². The molecule has 0 aliphatic carbocycles. The number of nitrogens with one attached hydrogen (secondary N) is 2. The van der Waals surface area contributed by atoms with Crippen LogP contribution in [0.5, 0.6) is 0 Å². The number of hydrogen-bond donors (Lipinski definition) is 3. The Morgan fingerprint density at radius 3 is 2.82 bits per heavy atom. The van der Waals surface area contributed by atoms with Gasteiger partial charge in [-0.25, -0.2) is 8.78 Å². The molecule has 0 aromatic heterocycles. The Kier molecular flexibility index (Phi) is 3.12. The quantitative estimate of drug-likeness (QED) is 0.682. The normalized spacial score (nSPS) is 19.9. The smallest absolute Gasteiger partial charge is 0.220 e. The molecule has 1 unspecified atom stereocenters. The van der Waals surface area contributed by atoms with Crippen molar-refractivity contribution in [1.29, 1.82) is 0 Å². The van der Waals surface area contributed by atoms with E-state index in [4.69, 9.17) is 5.73 Å². The van der Waals surface area contributed by atoms with Gasteiger partial charge in [-0.15, -0.1) is 0 Å². The summed E-state index contributed by atoms with van der Waals surface area (Å²) in [4.78, 5) is 11.0. The number of piperidine rings is 1. The van der Waals surface area contributed by atoms with Crippen LogP contribution < -0.4 is 16.4 Å². The maximum atomic E-state index is 13.2. The van der Waals surface area contributed by atoms with Gasteiger partial charge in [-0.2, -0.15) is 0 Å². The first kappa shape index (κ1) is 11.6. The molecule has 1 aromatic rings. The Hall–Kier alpha value is -1.85. The van der Waals surface area contributed by atoms with Crippen molar-refractivity contribution in [3.8, 4) is 0 Å². The first-order valence-corrected chi connectivity index (χ1v) is 5.34. The highest BCUT2D eigenvalue weighted by Gasteiger charge is 2.19. The SMILES string of the molecule is Nc1c(F)cc(F)cc1NC1CCC(=O)NC1. The second-order valence-electron chi connectivity index (χ2n) is 4.03. The minimum Gasteiger partial charge on any atom is -0.395 e. The monoisotopic (exact) mass is 241 g/mol. The predicted octanol–water partition coefficient (Wildman–Crippen LogP) is 1.24. The zero-order chi connectivity index (χ0) is 12.4. The minimum atomic E-state index is -0.785. The van der Waals surface area contributed by atoms with E-state index in [2.05, 4.69) is 10.6 Å². The van der Waals surface area contributed by atoms with Crippen molar-refractivity contribution in [1.82, 2.24) is 5.32 Å². The third-order valence-electron chi connectivity index (χ3n) is 2.72. The molecule has 1 fully saturated rings. The van der Waals surface area contributed by atoms with Crippen LogP contribution in [0.25, 0.3) is 0 Å². The first-order valence-electron chi connectivity index (χ1n) is 5.34. The second-order valence-corrected chi connectivity index (χ2v) is 4.03. The predicted molar refractivity (Wildman–Crippen MR) is 60.4 cm³/mol. The highest BCUT2D eigenvalue weighted by atomic mass is 19.1. The zero-order valence-electron chi connectivity index (χ0n) is 9.09. The number of anilines is 2. The Morgan fingerprint density at radius 2 is 2.18 bits per heavy atom. The van der Waals surface area contributed by atoms with Gasteiger partial charge in [0, 0.05) is 25.1 Å². The number of carbonyl (C=O) groups is 1. The van der Waals surface area contributed by atoms with Gasteiger partial charge in [0.2, 0.25) is 5.91 Å². The molecule has 0 radical (unpaired) electrons. The van der Waals surface area contributed by atoms with Gasteiger partial charge in [-0.1, -0.05) is 0 Å². The van der Waals surface area contributed by atoms with E-state index in [-0.39, 0.29) is 23.3 Å². The van der Waals surface area contributed by atoms with Gasteiger partial charge in [0.05, 0.1) is 11.4 Å².